The summed E-state index contributed by atoms with van der Waals surface area (Å²) in [4.78, 5) is 39.6. The monoisotopic (exact) mass is 418 g/mol. The predicted molar refractivity (Wildman–Crippen MR) is 115 cm³/mol. The molecule has 0 saturated carbocycles. The highest BCUT2D eigenvalue weighted by molar-refractivity contribution is 5.97. The number of benzene rings is 1. The van der Waals surface area contributed by atoms with Gasteiger partial charge in [0.25, 0.3) is 5.91 Å². The van der Waals surface area contributed by atoms with Gasteiger partial charge in [0.05, 0.1) is 0 Å². The minimum atomic E-state index is -0.643. The van der Waals surface area contributed by atoms with Gasteiger partial charge in [-0.2, -0.15) is 0 Å². The van der Waals surface area contributed by atoms with Crippen LogP contribution in [0.15, 0.2) is 30.3 Å². The minimum absolute atomic E-state index is 0.0387. The molecule has 2 rings (SSSR count). The SMILES string of the molecule is COCCCNC(=O)[C@@H](NC(=O)c1ccccc1)C1CCN(C(=O)NC(C)C)CC1. The van der Waals surface area contributed by atoms with Crippen LogP contribution in [-0.2, 0) is 9.53 Å². The third-order valence-corrected chi connectivity index (χ3v) is 5.14. The first-order valence-electron chi connectivity index (χ1n) is 10.6. The van der Waals surface area contributed by atoms with Crippen LogP contribution in [0, 0.1) is 5.92 Å². The largest absolute Gasteiger partial charge is 0.385 e. The van der Waals surface area contributed by atoms with Crippen LogP contribution in [0.3, 0.4) is 0 Å². The maximum absolute atomic E-state index is 12.9. The molecule has 1 aliphatic heterocycles. The fourth-order valence-corrected chi connectivity index (χ4v) is 3.52. The molecule has 1 heterocycles. The van der Waals surface area contributed by atoms with Crippen molar-refractivity contribution in [3.8, 4) is 0 Å². The zero-order chi connectivity index (χ0) is 21.9. The molecule has 0 spiro atoms. The van der Waals surface area contributed by atoms with Crippen molar-refractivity contribution < 1.29 is 19.1 Å². The molecule has 166 valence electrons. The molecule has 0 unspecified atom stereocenters. The van der Waals surface area contributed by atoms with Crippen LogP contribution in [0.4, 0.5) is 4.79 Å². The van der Waals surface area contributed by atoms with Gasteiger partial charge in [-0.3, -0.25) is 9.59 Å². The summed E-state index contributed by atoms with van der Waals surface area (Å²) in [6.45, 7) is 6.00. The van der Waals surface area contributed by atoms with E-state index in [1.54, 1.807) is 36.3 Å². The van der Waals surface area contributed by atoms with Crippen molar-refractivity contribution in [1.82, 2.24) is 20.9 Å². The maximum Gasteiger partial charge on any atom is 0.317 e. The van der Waals surface area contributed by atoms with Crippen molar-refractivity contribution in [2.24, 2.45) is 5.92 Å². The lowest BCUT2D eigenvalue weighted by Crippen LogP contribution is -2.55. The number of carbonyl (C=O) groups is 3. The Morgan fingerprint density at radius 3 is 2.37 bits per heavy atom. The second-order valence-corrected chi connectivity index (χ2v) is 7.88. The highest BCUT2D eigenvalue weighted by Gasteiger charge is 2.34. The molecular weight excluding hydrogens is 384 g/mol. The van der Waals surface area contributed by atoms with E-state index in [0.717, 1.165) is 0 Å². The van der Waals surface area contributed by atoms with E-state index < -0.39 is 6.04 Å². The Morgan fingerprint density at radius 2 is 1.77 bits per heavy atom. The highest BCUT2D eigenvalue weighted by Crippen LogP contribution is 2.22. The fraction of sp³-hybridized carbons (Fsp3) is 0.591. The number of piperidine rings is 1. The van der Waals surface area contributed by atoms with E-state index in [-0.39, 0.29) is 29.8 Å². The van der Waals surface area contributed by atoms with Crippen LogP contribution in [0.2, 0.25) is 0 Å². The van der Waals surface area contributed by atoms with Gasteiger partial charge in [0.1, 0.15) is 6.04 Å². The third kappa shape index (κ3) is 7.33. The molecule has 1 aromatic rings. The van der Waals surface area contributed by atoms with Gasteiger partial charge < -0.3 is 25.6 Å². The normalized spacial score (nSPS) is 15.5. The van der Waals surface area contributed by atoms with Crippen LogP contribution in [-0.4, -0.2) is 68.2 Å². The lowest BCUT2D eigenvalue weighted by molar-refractivity contribution is -0.124. The molecule has 1 atom stereocenters. The molecule has 0 bridgehead atoms. The van der Waals surface area contributed by atoms with Crippen molar-refractivity contribution in [1.29, 1.82) is 0 Å². The summed E-state index contributed by atoms with van der Waals surface area (Å²) in [7, 11) is 1.62. The van der Waals surface area contributed by atoms with Crippen LogP contribution < -0.4 is 16.0 Å². The summed E-state index contributed by atoms with van der Waals surface area (Å²) in [6.07, 6.45) is 2.00. The Morgan fingerprint density at radius 1 is 1.10 bits per heavy atom. The molecule has 3 N–H and O–H groups in total. The molecule has 0 radical (unpaired) electrons. The van der Waals surface area contributed by atoms with Gasteiger partial charge in [0.2, 0.25) is 5.91 Å². The number of hydrogen-bond acceptors (Lipinski definition) is 4. The minimum Gasteiger partial charge on any atom is -0.385 e. The molecule has 30 heavy (non-hydrogen) atoms. The molecule has 8 nitrogen and oxygen atoms in total. The Balaban J connectivity index is 2.01. The highest BCUT2D eigenvalue weighted by atomic mass is 16.5. The molecule has 0 aromatic heterocycles. The lowest BCUT2D eigenvalue weighted by Gasteiger charge is -2.36. The average molecular weight is 419 g/mol. The van der Waals surface area contributed by atoms with Gasteiger partial charge in [-0.1, -0.05) is 18.2 Å². The van der Waals surface area contributed by atoms with E-state index >= 15 is 0 Å². The first kappa shape index (κ1) is 23.7. The number of ether oxygens (including phenoxy) is 1. The average Bonchev–Trinajstić information content (AvgIpc) is 2.75. The Kier molecular flexibility index (Phi) is 9.60. The van der Waals surface area contributed by atoms with Crippen molar-refractivity contribution in [2.75, 3.05) is 33.4 Å². The van der Waals surface area contributed by atoms with Crippen molar-refractivity contribution in [2.45, 2.75) is 45.2 Å². The Hall–Kier alpha value is -2.61. The first-order chi connectivity index (χ1) is 14.4. The van der Waals surface area contributed by atoms with Gasteiger partial charge in [-0.25, -0.2) is 4.79 Å². The number of hydrogen-bond donors (Lipinski definition) is 3. The van der Waals surface area contributed by atoms with E-state index in [1.807, 2.05) is 19.9 Å². The predicted octanol–water partition coefficient (Wildman–Crippen LogP) is 1.77. The molecule has 4 amide bonds. The van der Waals surface area contributed by atoms with Crippen molar-refractivity contribution in [3.05, 3.63) is 35.9 Å². The van der Waals surface area contributed by atoms with Gasteiger partial charge in [0.15, 0.2) is 0 Å². The summed E-state index contributed by atoms with van der Waals surface area (Å²) in [6, 6.07) is 8.22. The number of nitrogens with one attached hydrogen (secondary N) is 3. The van der Waals surface area contributed by atoms with Gasteiger partial charge in [-0.15, -0.1) is 0 Å². The van der Waals surface area contributed by atoms with Gasteiger partial charge in [-0.05, 0) is 51.2 Å². The van der Waals surface area contributed by atoms with Gasteiger partial charge >= 0.3 is 6.03 Å². The number of rotatable bonds is 9. The van der Waals surface area contributed by atoms with Crippen LogP contribution in [0.1, 0.15) is 43.5 Å². The molecule has 8 heteroatoms. The summed E-state index contributed by atoms with van der Waals surface area (Å²) in [5, 5.41) is 8.72. The molecule has 0 aliphatic carbocycles. The van der Waals surface area contributed by atoms with Crippen molar-refractivity contribution >= 4 is 17.8 Å². The lowest BCUT2D eigenvalue weighted by atomic mass is 9.88. The second-order valence-electron chi connectivity index (χ2n) is 7.88. The summed E-state index contributed by atoms with van der Waals surface area (Å²) < 4.78 is 5.02. The van der Waals surface area contributed by atoms with Crippen LogP contribution >= 0.6 is 0 Å². The van der Waals surface area contributed by atoms with E-state index in [4.69, 9.17) is 4.74 Å². The Labute approximate surface area is 178 Å². The second kappa shape index (κ2) is 12.2. The number of carbonyl (C=O) groups excluding carboxylic acids is 3. The van der Waals surface area contributed by atoms with Crippen LogP contribution in [0.25, 0.3) is 0 Å². The van der Waals surface area contributed by atoms with Crippen molar-refractivity contribution in [3.63, 3.8) is 0 Å². The maximum atomic E-state index is 12.9. The topological polar surface area (TPSA) is 99.8 Å². The van der Waals surface area contributed by atoms with E-state index in [2.05, 4.69) is 16.0 Å². The number of likely N-dealkylation sites (tertiary alicyclic amines) is 1. The van der Waals surface area contributed by atoms with E-state index in [9.17, 15) is 14.4 Å². The first-order valence-corrected chi connectivity index (χ1v) is 10.6. The quantitative estimate of drug-likeness (QED) is 0.532. The summed E-state index contributed by atoms with van der Waals surface area (Å²) in [5.41, 5.74) is 0.517. The zero-order valence-corrected chi connectivity index (χ0v) is 18.1. The van der Waals surface area contributed by atoms with Gasteiger partial charge in [0, 0.05) is 45.0 Å². The Bertz CT molecular complexity index is 688. The number of urea groups is 1. The summed E-state index contributed by atoms with van der Waals surface area (Å²) in [5.74, 6) is -0.503. The smallest absolute Gasteiger partial charge is 0.317 e. The standard InChI is InChI=1S/C22H34N4O4/c1-16(2)24-22(29)26-13-10-17(11-14-26)19(21(28)23-12-7-15-30-3)25-20(27)18-8-5-4-6-9-18/h4-6,8-9,16-17,19H,7,10-15H2,1-3H3,(H,23,28)(H,24,29)(H,25,27)/t19-/m0/s1. The number of amides is 4. The molecular formula is C22H34N4O4. The van der Waals surface area contributed by atoms with Crippen LogP contribution in [0.5, 0.6) is 0 Å². The summed E-state index contributed by atoms with van der Waals surface area (Å²) >= 11 is 0. The molecule has 1 aromatic carbocycles. The van der Waals surface area contributed by atoms with E-state index in [0.29, 0.717) is 51.1 Å². The zero-order valence-electron chi connectivity index (χ0n) is 18.1. The van der Waals surface area contributed by atoms with E-state index in [1.165, 1.54) is 0 Å². The molecule has 1 saturated heterocycles. The number of methoxy groups -OCH3 is 1. The molecule has 1 fully saturated rings. The molecule has 1 aliphatic rings. The number of nitrogens with zero attached hydrogens (tertiary/aromatic N) is 1. The third-order valence-electron chi connectivity index (χ3n) is 5.14. The fourth-order valence-electron chi connectivity index (χ4n) is 3.52.